The van der Waals surface area contributed by atoms with E-state index in [1.807, 2.05) is 13.8 Å². The average molecular weight is 200 g/mol. The predicted molar refractivity (Wildman–Crippen MR) is 43.7 cm³/mol. The van der Waals surface area contributed by atoms with Crippen LogP contribution in [0.2, 0.25) is 0 Å². The number of hydrogen-bond donors (Lipinski definition) is 0. The summed E-state index contributed by atoms with van der Waals surface area (Å²) in [5.41, 5.74) is 0. The first kappa shape index (κ1) is 11.0. The van der Waals surface area contributed by atoms with Gasteiger partial charge in [0, 0.05) is 27.7 Å². The number of halogens is 2. The highest BCUT2D eigenvalue weighted by molar-refractivity contribution is 6.33. The molecule has 0 bridgehead atoms. The third kappa shape index (κ3) is 4.45. The lowest BCUT2D eigenvalue weighted by atomic mass is 10.0. The van der Waals surface area contributed by atoms with Gasteiger partial charge in [-0.15, -0.1) is 0 Å². The van der Waals surface area contributed by atoms with Crippen molar-refractivity contribution in [2.45, 2.75) is 26.7 Å². The molecular formula is C6H11Cl2NO2. The predicted octanol–water partition coefficient (Wildman–Crippen LogP) is 2.49. The first-order valence-corrected chi connectivity index (χ1v) is 4.12. The summed E-state index contributed by atoms with van der Waals surface area (Å²) in [5, 5.41) is 0. The Kier molecular flexibility index (Phi) is 5.64. The van der Waals surface area contributed by atoms with E-state index in [1.165, 1.54) is 0 Å². The Morgan fingerprint density at radius 2 is 1.91 bits per heavy atom. The topological polar surface area (TPSA) is 29.5 Å². The van der Waals surface area contributed by atoms with E-state index in [1.54, 1.807) is 0 Å². The highest BCUT2D eigenvalue weighted by atomic mass is 35.5. The molecule has 0 aromatic heterocycles. The largest absolute Gasteiger partial charge is 0.336 e. The summed E-state index contributed by atoms with van der Waals surface area (Å²) >= 11 is 10.2. The monoisotopic (exact) mass is 199 g/mol. The molecule has 0 aliphatic carbocycles. The van der Waals surface area contributed by atoms with Crippen LogP contribution in [0.4, 0.5) is 0 Å². The Hall–Kier alpha value is 0.01000. The third-order valence-electron chi connectivity index (χ3n) is 1.48. The Morgan fingerprint density at radius 1 is 1.45 bits per heavy atom. The molecule has 0 fully saturated rings. The summed E-state index contributed by atoms with van der Waals surface area (Å²) in [6, 6.07) is 0. The minimum Gasteiger partial charge on any atom is -0.336 e. The van der Waals surface area contributed by atoms with E-state index in [4.69, 9.17) is 23.6 Å². The van der Waals surface area contributed by atoms with E-state index in [0.29, 0.717) is 4.10 Å². The summed E-state index contributed by atoms with van der Waals surface area (Å²) in [6.45, 7) is 3.81. The SMILES string of the molecule is CCC(CC)C(=O)ON(Cl)Cl. The van der Waals surface area contributed by atoms with Gasteiger partial charge < -0.3 is 4.84 Å². The lowest BCUT2D eigenvalue weighted by Gasteiger charge is -2.11. The van der Waals surface area contributed by atoms with Gasteiger partial charge in [0.2, 0.25) is 0 Å². The summed E-state index contributed by atoms with van der Waals surface area (Å²) in [6.07, 6.45) is 1.47. The maximum atomic E-state index is 11.0. The molecule has 0 saturated heterocycles. The van der Waals surface area contributed by atoms with Crippen molar-refractivity contribution in [3.8, 4) is 0 Å². The Balaban J connectivity index is 3.79. The Morgan fingerprint density at radius 3 is 2.18 bits per heavy atom. The van der Waals surface area contributed by atoms with Crippen molar-refractivity contribution in [2.75, 3.05) is 0 Å². The van der Waals surface area contributed by atoms with Gasteiger partial charge in [0.15, 0.2) is 0 Å². The molecule has 11 heavy (non-hydrogen) atoms. The quantitative estimate of drug-likeness (QED) is 0.515. The molecule has 0 amide bonds. The Labute approximate surface area is 76.4 Å². The van der Waals surface area contributed by atoms with Crippen LogP contribution < -0.4 is 0 Å². The third-order valence-corrected chi connectivity index (χ3v) is 1.62. The molecular weight excluding hydrogens is 189 g/mol. The second kappa shape index (κ2) is 5.63. The average Bonchev–Trinajstić information content (AvgIpc) is 1.88. The van der Waals surface area contributed by atoms with Crippen LogP contribution in [-0.2, 0) is 9.63 Å². The summed E-state index contributed by atoms with van der Waals surface area (Å²) in [4.78, 5) is 15.4. The van der Waals surface area contributed by atoms with Gasteiger partial charge in [0.05, 0.1) is 5.92 Å². The summed E-state index contributed by atoms with van der Waals surface area (Å²) in [7, 11) is 0. The molecule has 0 spiro atoms. The normalized spacial score (nSPS) is 10.7. The number of carbonyl (C=O) groups excluding carboxylic acids is 1. The van der Waals surface area contributed by atoms with Crippen LogP contribution in [0.5, 0.6) is 0 Å². The molecule has 3 nitrogen and oxygen atoms in total. The van der Waals surface area contributed by atoms with Crippen molar-refractivity contribution in [1.29, 1.82) is 0 Å². The van der Waals surface area contributed by atoms with E-state index in [9.17, 15) is 4.79 Å². The molecule has 66 valence electrons. The second-order valence-electron chi connectivity index (χ2n) is 2.13. The lowest BCUT2D eigenvalue weighted by molar-refractivity contribution is -0.163. The van der Waals surface area contributed by atoms with E-state index < -0.39 is 0 Å². The van der Waals surface area contributed by atoms with Gasteiger partial charge in [-0.1, -0.05) is 13.8 Å². The van der Waals surface area contributed by atoms with Gasteiger partial charge in [-0.05, 0) is 12.8 Å². The van der Waals surface area contributed by atoms with Gasteiger partial charge in [-0.2, -0.15) is 0 Å². The zero-order chi connectivity index (χ0) is 8.85. The second-order valence-corrected chi connectivity index (χ2v) is 2.91. The van der Waals surface area contributed by atoms with Crippen LogP contribution in [0.25, 0.3) is 0 Å². The van der Waals surface area contributed by atoms with E-state index in [-0.39, 0.29) is 11.9 Å². The molecule has 0 aromatic rings. The molecule has 0 aliphatic heterocycles. The Bertz CT molecular complexity index is 126. The molecule has 0 unspecified atom stereocenters. The standard InChI is InChI=1S/C6H11Cl2NO2/c1-3-5(4-2)6(10)11-9(7)8/h5H,3-4H2,1-2H3. The minimum absolute atomic E-state index is 0.116. The van der Waals surface area contributed by atoms with Crippen LogP contribution in [0.15, 0.2) is 0 Å². The highest BCUT2D eigenvalue weighted by Crippen LogP contribution is 2.12. The zero-order valence-corrected chi connectivity index (χ0v) is 8.02. The molecule has 0 heterocycles. The highest BCUT2D eigenvalue weighted by Gasteiger charge is 2.17. The zero-order valence-electron chi connectivity index (χ0n) is 6.51. The van der Waals surface area contributed by atoms with E-state index in [0.717, 1.165) is 12.8 Å². The molecule has 5 heteroatoms. The number of nitrogens with zero attached hydrogens (tertiary/aromatic N) is 1. The first-order chi connectivity index (χ1) is 5.11. The summed E-state index contributed by atoms with van der Waals surface area (Å²) < 4.78 is 0.376. The molecule has 0 aromatic carbocycles. The molecule has 0 aliphatic rings. The molecule has 0 atom stereocenters. The van der Waals surface area contributed by atoms with Crippen LogP contribution in [0.1, 0.15) is 26.7 Å². The molecule has 0 N–H and O–H groups in total. The fourth-order valence-corrected chi connectivity index (χ4v) is 0.901. The van der Waals surface area contributed by atoms with E-state index >= 15 is 0 Å². The summed E-state index contributed by atoms with van der Waals surface area (Å²) in [5.74, 6) is -0.505. The van der Waals surface area contributed by atoms with E-state index in [2.05, 4.69) is 4.84 Å². The number of rotatable bonds is 4. The van der Waals surface area contributed by atoms with Crippen molar-refractivity contribution in [1.82, 2.24) is 4.10 Å². The van der Waals surface area contributed by atoms with Crippen molar-refractivity contribution in [3.63, 3.8) is 0 Å². The smallest absolute Gasteiger partial charge is 0.331 e. The number of hydrogen-bond acceptors (Lipinski definition) is 3. The van der Waals surface area contributed by atoms with Crippen molar-refractivity contribution in [3.05, 3.63) is 0 Å². The molecule has 0 radical (unpaired) electrons. The fourth-order valence-electron chi connectivity index (χ4n) is 0.765. The van der Waals surface area contributed by atoms with Gasteiger partial charge in [0.25, 0.3) is 0 Å². The van der Waals surface area contributed by atoms with Crippen LogP contribution in [0.3, 0.4) is 0 Å². The lowest BCUT2D eigenvalue weighted by Crippen LogP contribution is -2.19. The van der Waals surface area contributed by atoms with Crippen molar-refractivity contribution in [2.24, 2.45) is 5.92 Å². The maximum Gasteiger partial charge on any atom is 0.331 e. The van der Waals surface area contributed by atoms with Gasteiger partial charge >= 0.3 is 5.97 Å². The van der Waals surface area contributed by atoms with Crippen molar-refractivity contribution < 1.29 is 9.63 Å². The van der Waals surface area contributed by atoms with Crippen LogP contribution in [0, 0.1) is 5.92 Å². The first-order valence-electron chi connectivity index (χ1n) is 3.45. The van der Waals surface area contributed by atoms with Gasteiger partial charge in [0.1, 0.15) is 0 Å². The maximum absolute atomic E-state index is 11.0. The fraction of sp³-hybridized carbons (Fsp3) is 0.833. The van der Waals surface area contributed by atoms with Crippen LogP contribution in [-0.4, -0.2) is 10.1 Å². The minimum atomic E-state index is -0.389. The van der Waals surface area contributed by atoms with Gasteiger partial charge in [-0.25, -0.2) is 4.79 Å². The number of carbonyl (C=O) groups is 1. The molecule has 0 rings (SSSR count). The van der Waals surface area contributed by atoms with Crippen molar-refractivity contribution >= 4 is 29.5 Å². The van der Waals surface area contributed by atoms with Crippen LogP contribution >= 0.6 is 23.6 Å². The van der Waals surface area contributed by atoms with Gasteiger partial charge in [-0.3, -0.25) is 0 Å². The molecule has 0 saturated carbocycles.